The number of nitrogen functional groups attached to an aromatic ring is 1. The molecule has 0 aliphatic carbocycles. The van der Waals surface area contributed by atoms with Crippen molar-refractivity contribution in [2.75, 3.05) is 5.73 Å². The average Bonchev–Trinajstić information content (AvgIpc) is 3.21. The Bertz CT molecular complexity index is 1370. The number of para-hydroxylation sites is 1. The zero-order valence-electron chi connectivity index (χ0n) is 18.2. The van der Waals surface area contributed by atoms with Gasteiger partial charge in [-0.15, -0.1) is 0 Å². The minimum atomic E-state index is -4.69. The van der Waals surface area contributed by atoms with Crippen LogP contribution in [-0.2, 0) is 19.3 Å². The van der Waals surface area contributed by atoms with Gasteiger partial charge in [0.05, 0.1) is 29.6 Å². The van der Waals surface area contributed by atoms with E-state index in [0.717, 1.165) is 23.3 Å². The van der Waals surface area contributed by atoms with Crippen molar-refractivity contribution in [2.45, 2.75) is 33.1 Å². The fourth-order valence-corrected chi connectivity index (χ4v) is 3.74. The van der Waals surface area contributed by atoms with Crippen LogP contribution in [0.25, 0.3) is 10.9 Å². The molecule has 0 saturated carbocycles. The summed E-state index contributed by atoms with van der Waals surface area (Å²) >= 11 is 0. The van der Waals surface area contributed by atoms with Crippen molar-refractivity contribution in [1.82, 2.24) is 25.1 Å². The lowest BCUT2D eigenvalue weighted by Crippen LogP contribution is -2.23. The van der Waals surface area contributed by atoms with Gasteiger partial charge in [0.1, 0.15) is 17.2 Å². The molecule has 3 heterocycles. The number of pyridine rings is 2. The molecule has 0 radical (unpaired) electrons. The number of nitrogens with one attached hydrogen (secondary N) is 1. The van der Waals surface area contributed by atoms with Gasteiger partial charge in [0.25, 0.3) is 5.91 Å². The number of hydrogen-bond donors (Lipinski definition) is 2. The molecule has 4 rings (SSSR count). The van der Waals surface area contributed by atoms with E-state index in [0.29, 0.717) is 11.5 Å². The molecule has 176 valence electrons. The Morgan fingerprint density at radius 3 is 2.65 bits per heavy atom. The molecule has 0 aliphatic heterocycles. The topological polar surface area (TPSA) is 98.7 Å². The zero-order chi connectivity index (χ0) is 24.6. The molecule has 4 aromatic rings. The second-order valence-corrected chi connectivity index (χ2v) is 7.83. The van der Waals surface area contributed by atoms with E-state index < -0.39 is 23.5 Å². The Hall–Kier alpha value is -4.02. The highest BCUT2D eigenvalue weighted by molar-refractivity contribution is 5.93. The third kappa shape index (κ3) is 4.68. The number of hydrogen-bond acceptors (Lipinski definition) is 5. The molecule has 34 heavy (non-hydrogen) atoms. The van der Waals surface area contributed by atoms with Gasteiger partial charge in [0.15, 0.2) is 0 Å². The van der Waals surface area contributed by atoms with E-state index in [9.17, 15) is 22.4 Å². The number of anilines is 1. The van der Waals surface area contributed by atoms with Crippen LogP contribution < -0.4 is 11.1 Å². The van der Waals surface area contributed by atoms with Crippen LogP contribution in [0.4, 0.5) is 23.4 Å². The largest absolute Gasteiger partial charge is 0.417 e. The standard InChI is InChI=1S/C23H20F4N6O/c1-12-6-20(28)31-13(2)17(12)9-29-22(34)14-8-30-33(10-14)11-15-7-18(23(25,26)27)16-4-3-5-19(24)21(16)32-15/h3-8,10H,9,11H2,1-2H3,(H2,28,31)(H,29,34). The van der Waals surface area contributed by atoms with E-state index in [2.05, 4.69) is 20.4 Å². The van der Waals surface area contributed by atoms with E-state index in [-0.39, 0.29) is 35.2 Å². The van der Waals surface area contributed by atoms with Gasteiger partial charge in [-0.3, -0.25) is 9.48 Å². The monoisotopic (exact) mass is 472 g/mol. The molecule has 0 atom stereocenters. The van der Waals surface area contributed by atoms with E-state index >= 15 is 0 Å². The van der Waals surface area contributed by atoms with E-state index in [1.807, 2.05) is 6.92 Å². The summed E-state index contributed by atoms with van der Waals surface area (Å²) in [5.41, 5.74) is 6.94. The smallest absolute Gasteiger partial charge is 0.384 e. The molecule has 0 spiro atoms. The first-order valence-electron chi connectivity index (χ1n) is 10.2. The summed E-state index contributed by atoms with van der Waals surface area (Å²) in [5, 5.41) is 6.49. The number of fused-ring (bicyclic) bond motifs is 1. The number of aromatic nitrogens is 4. The highest BCUT2D eigenvalue weighted by Crippen LogP contribution is 2.35. The van der Waals surface area contributed by atoms with E-state index in [1.165, 1.54) is 29.2 Å². The summed E-state index contributed by atoms with van der Waals surface area (Å²) in [6, 6.07) is 6.00. The maximum atomic E-state index is 14.2. The molecule has 7 nitrogen and oxygen atoms in total. The summed E-state index contributed by atoms with van der Waals surface area (Å²) in [5.74, 6) is -0.884. The number of nitrogens with zero attached hydrogens (tertiary/aromatic N) is 4. The Labute approximate surface area is 191 Å². The third-order valence-corrected chi connectivity index (χ3v) is 5.37. The molecule has 0 unspecified atom stereocenters. The summed E-state index contributed by atoms with van der Waals surface area (Å²) < 4.78 is 56.1. The molecule has 3 aromatic heterocycles. The van der Waals surface area contributed by atoms with Crippen molar-refractivity contribution in [3.63, 3.8) is 0 Å². The molecular weight excluding hydrogens is 452 g/mol. The van der Waals surface area contributed by atoms with Crippen molar-refractivity contribution in [1.29, 1.82) is 0 Å². The quantitative estimate of drug-likeness (QED) is 0.425. The minimum absolute atomic E-state index is 0.0424. The lowest BCUT2D eigenvalue weighted by Gasteiger charge is -2.13. The first-order chi connectivity index (χ1) is 16.0. The number of alkyl halides is 3. The predicted octanol–water partition coefficient (Wildman–Crippen LogP) is 4.16. The Balaban J connectivity index is 1.54. The lowest BCUT2D eigenvalue weighted by atomic mass is 10.1. The molecule has 0 fully saturated rings. The number of rotatable bonds is 5. The van der Waals surface area contributed by atoms with Gasteiger partial charge in [-0.1, -0.05) is 12.1 Å². The van der Waals surface area contributed by atoms with Gasteiger partial charge >= 0.3 is 6.18 Å². The molecular formula is C23H20F4N6O. The fraction of sp³-hybridized carbons (Fsp3) is 0.217. The van der Waals surface area contributed by atoms with Crippen molar-refractivity contribution < 1.29 is 22.4 Å². The molecule has 1 amide bonds. The van der Waals surface area contributed by atoms with Crippen LogP contribution in [0.15, 0.2) is 42.7 Å². The molecule has 3 N–H and O–H groups in total. The number of carbonyl (C=O) groups is 1. The first kappa shape index (κ1) is 23.1. The summed E-state index contributed by atoms with van der Waals surface area (Å²) in [6.07, 6.45) is -2.01. The SMILES string of the molecule is Cc1cc(N)nc(C)c1CNC(=O)c1cnn(Cc2cc(C(F)(F)F)c3cccc(F)c3n2)c1. The third-order valence-electron chi connectivity index (χ3n) is 5.37. The van der Waals surface area contributed by atoms with Crippen LogP contribution in [-0.4, -0.2) is 25.7 Å². The highest BCUT2D eigenvalue weighted by Gasteiger charge is 2.34. The average molecular weight is 472 g/mol. The second-order valence-electron chi connectivity index (χ2n) is 7.83. The van der Waals surface area contributed by atoms with Gasteiger partial charge in [-0.25, -0.2) is 14.4 Å². The normalized spacial score (nSPS) is 11.7. The van der Waals surface area contributed by atoms with Gasteiger partial charge in [-0.05, 0) is 43.2 Å². The van der Waals surface area contributed by atoms with Gasteiger partial charge in [0.2, 0.25) is 0 Å². The Kier molecular flexibility index (Phi) is 5.94. The van der Waals surface area contributed by atoms with E-state index in [4.69, 9.17) is 5.73 Å². The maximum absolute atomic E-state index is 14.2. The number of nitrogens with two attached hydrogens (primary N) is 1. The zero-order valence-corrected chi connectivity index (χ0v) is 18.2. The van der Waals surface area contributed by atoms with Crippen LogP contribution in [0.5, 0.6) is 0 Å². The summed E-state index contributed by atoms with van der Waals surface area (Å²) in [7, 11) is 0. The number of carbonyl (C=O) groups excluding carboxylic acids is 1. The first-order valence-corrected chi connectivity index (χ1v) is 10.2. The molecule has 0 saturated heterocycles. The molecule has 1 aromatic carbocycles. The Morgan fingerprint density at radius 2 is 1.94 bits per heavy atom. The van der Waals surface area contributed by atoms with Crippen molar-refractivity contribution in [3.8, 4) is 0 Å². The number of benzene rings is 1. The van der Waals surface area contributed by atoms with Gasteiger partial charge < -0.3 is 11.1 Å². The van der Waals surface area contributed by atoms with E-state index in [1.54, 1.807) is 13.0 Å². The van der Waals surface area contributed by atoms with Gasteiger partial charge in [-0.2, -0.15) is 18.3 Å². The maximum Gasteiger partial charge on any atom is 0.417 e. The van der Waals surface area contributed by atoms with Crippen LogP contribution >= 0.6 is 0 Å². The lowest BCUT2D eigenvalue weighted by molar-refractivity contribution is -0.136. The van der Waals surface area contributed by atoms with Gasteiger partial charge in [0, 0.05) is 23.8 Å². The molecule has 0 aliphatic rings. The van der Waals surface area contributed by atoms with Crippen LogP contribution in [0, 0.1) is 19.7 Å². The predicted molar refractivity (Wildman–Crippen MR) is 117 cm³/mol. The second kappa shape index (κ2) is 8.73. The highest BCUT2D eigenvalue weighted by atomic mass is 19.4. The number of halogens is 4. The molecule has 0 bridgehead atoms. The number of amides is 1. The fourth-order valence-electron chi connectivity index (χ4n) is 3.74. The van der Waals surface area contributed by atoms with Crippen molar-refractivity contribution in [2.24, 2.45) is 0 Å². The summed E-state index contributed by atoms with van der Waals surface area (Å²) in [6.45, 7) is 3.69. The molecule has 11 heteroatoms. The summed E-state index contributed by atoms with van der Waals surface area (Å²) in [4.78, 5) is 20.8. The minimum Gasteiger partial charge on any atom is -0.384 e. The van der Waals surface area contributed by atoms with Crippen LogP contribution in [0.1, 0.15) is 38.4 Å². The van der Waals surface area contributed by atoms with Crippen molar-refractivity contribution in [3.05, 3.63) is 82.2 Å². The van der Waals surface area contributed by atoms with Crippen molar-refractivity contribution >= 4 is 22.6 Å². The van der Waals surface area contributed by atoms with Crippen LogP contribution in [0.3, 0.4) is 0 Å². The van der Waals surface area contributed by atoms with Crippen LogP contribution in [0.2, 0.25) is 0 Å². The Morgan fingerprint density at radius 1 is 1.18 bits per heavy atom. The number of aryl methyl sites for hydroxylation is 2.